The number of nitrogens with one attached hydrogen (secondary N) is 2. The van der Waals surface area contributed by atoms with Crippen molar-refractivity contribution in [3.63, 3.8) is 0 Å². The van der Waals surface area contributed by atoms with Crippen molar-refractivity contribution in [2.24, 2.45) is 0 Å². The van der Waals surface area contributed by atoms with Crippen molar-refractivity contribution in [2.45, 2.75) is 31.2 Å². The van der Waals surface area contributed by atoms with Crippen molar-refractivity contribution in [1.82, 2.24) is 25.4 Å². The molecule has 0 aliphatic carbocycles. The molecule has 0 radical (unpaired) electrons. The molecule has 3 rings (SSSR count). The summed E-state index contributed by atoms with van der Waals surface area (Å²) in [6, 6.07) is 9.93. The van der Waals surface area contributed by atoms with Gasteiger partial charge in [-0.1, -0.05) is 18.5 Å². The Balaban J connectivity index is 1.58. The number of hydrogen-bond acceptors (Lipinski definition) is 7. The molecule has 2 aromatic heterocycles. The Bertz CT molecular complexity index is 1050. The molecule has 0 aliphatic heterocycles. The summed E-state index contributed by atoms with van der Waals surface area (Å²) in [5, 5.41) is 15.8. The first-order valence-corrected chi connectivity index (χ1v) is 11.9. The number of rotatable bonds is 12. The molecule has 33 heavy (non-hydrogen) atoms. The number of thiol groups is 1. The van der Waals surface area contributed by atoms with E-state index in [0.717, 1.165) is 50.4 Å². The Morgan fingerprint density at radius 1 is 1.09 bits per heavy atom. The van der Waals surface area contributed by atoms with Gasteiger partial charge in [0.25, 0.3) is 0 Å². The van der Waals surface area contributed by atoms with Crippen LogP contribution in [0, 0.1) is 5.82 Å². The minimum atomic E-state index is -0.414. The maximum Gasteiger partial charge on any atom is 0.139 e. The van der Waals surface area contributed by atoms with Crippen LogP contribution in [0.4, 0.5) is 15.8 Å². The van der Waals surface area contributed by atoms with E-state index in [1.165, 1.54) is 24.6 Å². The van der Waals surface area contributed by atoms with Crippen LogP contribution in [0.15, 0.2) is 47.6 Å². The normalized spacial score (nSPS) is 11.2. The number of aryl methyl sites for hydroxylation is 1. The standard InChI is InChI=1S/C24H30ClFN6S/c1-3-12-32(2)13-11-27-9-4-5-18-15-19(8-10-28-18)29-23-16-22(30-31-24(23)33)20-14-17(25)6-7-21(20)26/h6-8,10,14-16,27H,3-5,9,11-13H2,1-2H3,(H,31,33)(H,28,29,30). The van der Waals surface area contributed by atoms with Crippen LogP contribution in [0.1, 0.15) is 25.5 Å². The number of hydrogen-bond donors (Lipinski definition) is 3. The average Bonchev–Trinajstić information content (AvgIpc) is 2.80. The van der Waals surface area contributed by atoms with Crippen LogP contribution < -0.4 is 10.6 Å². The van der Waals surface area contributed by atoms with E-state index in [0.29, 0.717) is 21.4 Å². The molecule has 3 aromatic rings. The lowest BCUT2D eigenvalue weighted by Gasteiger charge is -2.15. The molecule has 2 N–H and O–H groups in total. The Kier molecular flexibility index (Phi) is 9.87. The smallest absolute Gasteiger partial charge is 0.139 e. The highest BCUT2D eigenvalue weighted by atomic mass is 35.5. The zero-order valence-corrected chi connectivity index (χ0v) is 20.6. The van der Waals surface area contributed by atoms with Crippen LogP contribution in [0.2, 0.25) is 5.02 Å². The van der Waals surface area contributed by atoms with Crippen molar-refractivity contribution in [2.75, 3.05) is 38.5 Å². The number of aromatic nitrogens is 3. The molecule has 0 unspecified atom stereocenters. The summed E-state index contributed by atoms with van der Waals surface area (Å²) in [6.45, 7) is 6.31. The number of benzene rings is 1. The maximum atomic E-state index is 14.3. The van der Waals surface area contributed by atoms with Crippen LogP contribution in [0.25, 0.3) is 11.3 Å². The number of nitrogens with zero attached hydrogens (tertiary/aromatic N) is 4. The number of anilines is 2. The van der Waals surface area contributed by atoms with Gasteiger partial charge in [-0.05, 0) is 75.8 Å². The molecule has 0 spiro atoms. The second-order valence-corrected chi connectivity index (χ2v) is 8.77. The molecule has 0 amide bonds. The minimum Gasteiger partial charge on any atom is -0.353 e. The van der Waals surface area contributed by atoms with E-state index in [2.05, 4.69) is 57.3 Å². The van der Waals surface area contributed by atoms with Crippen LogP contribution in [0.3, 0.4) is 0 Å². The average molecular weight is 489 g/mol. The summed E-state index contributed by atoms with van der Waals surface area (Å²) in [6.07, 6.45) is 4.82. The van der Waals surface area contributed by atoms with Crippen LogP contribution in [-0.2, 0) is 6.42 Å². The molecule has 2 heterocycles. The van der Waals surface area contributed by atoms with E-state index in [1.807, 2.05) is 12.1 Å². The van der Waals surface area contributed by atoms with E-state index >= 15 is 0 Å². The third-order valence-electron chi connectivity index (χ3n) is 5.14. The molecular weight excluding hydrogens is 459 g/mol. The minimum absolute atomic E-state index is 0.287. The van der Waals surface area contributed by atoms with Crippen molar-refractivity contribution in [3.8, 4) is 11.3 Å². The second-order valence-electron chi connectivity index (χ2n) is 7.91. The van der Waals surface area contributed by atoms with Crippen LogP contribution in [-0.4, -0.2) is 53.3 Å². The van der Waals surface area contributed by atoms with Crippen molar-refractivity contribution in [1.29, 1.82) is 0 Å². The lowest BCUT2D eigenvalue weighted by molar-refractivity contribution is 0.332. The lowest BCUT2D eigenvalue weighted by atomic mass is 10.1. The maximum absolute atomic E-state index is 14.3. The number of halogens is 2. The summed E-state index contributed by atoms with van der Waals surface area (Å²) >= 11 is 10.4. The van der Waals surface area contributed by atoms with E-state index in [9.17, 15) is 4.39 Å². The monoisotopic (exact) mass is 488 g/mol. The van der Waals surface area contributed by atoms with E-state index in [-0.39, 0.29) is 5.56 Å². The first-order chi connectivity index (χ1) is 16.0. The predicted octanol–water partition coefficient (Wildman–Crippen LogP) is 5.23. The zero-order valence-electron chi connectivity index (χ0n) is 19.0. The number of likely N-dealkylation sites (N-methyl/N-ethyl adjacent to an activating group) is 1. The fraction of sp³-hybridized carbons (Fsp3) is 0.375. The van der Waals surface area contributed by atoms with Gasteiger partial charge < -0.3 is 15.5 Å². The van der Waals surface area contributed by atoms with Gasteiger partial charge in [0.05, 0.1) is 11.4 Å². The van der Waals surface area contributed by atoms with E-state index in [1.54, 1.807) is 12.3 Å². The second kappa shape index (κ2) is 12.8. The summed E-state index contributed by atoms with van der Waals surface area (Å²) in [4.78, 5) is 6.81. The third-order valence-corrected chi connectivity index (χ3v) is 5.70. The summed E-state index contributed by atoms with van der Waals surface area (Å²) in [5.41, 5.74) is 3.14. The molecule has 176 valence electrons. The Hall–Kier alpha value is -2.26. The molecule has 0 saturated heterocycles. The van der Waals surface area contributed by atoms with Gasteiger partial charge in [-0.3, -0.25) is 4.98 Å². The molecule has 9 heteroatoms. The zero-order chi connectivity index (χ0) is 23.6. The Morgan fingerprint density at radius 2 is 1.94 bits per heavy atom. The van der Waals surface area contributed by atoms with Gasteiger partial charge in [0.15, 0.2) is 0 Å². The van der Waals surface area contributed by atoms with Gasteiger partial charge in [0.2, 0.25) is 0 Å². The highest BCUT2D eigenvalue weighted by molar-refractivity contribution is 7.80. The van der Waals surface area contributed by atoms with Crippen molar-refractivity contribution >= 4 is 35.6 Å². The highest BCUT2D eigenvalue weighted by Crippen LogP contribution is 2.29. The summed E-state index contributed by atoms with van der Waals surface area (Å²) < 4.78 is 14.3. The molecule has 0 bridgehead atoms. The fourth-order valence-electron chi connectivity index (χ4n) is 3.43. The van der Waals surface area contributed by atoms with E-state index in [4.69, 9.17) is 11.6 Å². The predicted molar refractivity (Wildman–Crippen MR) is 136 cm³/mol. The largest absolute Gasteiger partial charge is 0.353 e. The molecule has 1 aromatic carbocycles. The molecule has 0 fully saturated rings. The van der Waals surface area contributed by atoms with E-state index < -0.39 is 5.82 Å². The van der Waals surface area contributed by atoms with Gasteiger partial charge in [-0.25, -0.2) is 4.39 Å². The molecular formula is C24H30ClFN6S. The van der Waals surface area contributed by atoms with Crippen LogP contribution >= 0.6 is 24.2 Å². The first-order valence-electron chi connectivity index (χ1n) is 11.1. The van der Waals surface area contributed by atoms with Gasteiger partial charge in [0.1, 0.15) is 10.8 Å². The number of pyridine rings is 1. The van der Waals surface area contributed by atoms with Crippen molar-refractivity contribution in [3.05, 3.63) is 59.1 Å². The summed E-state index contributed by atoms with van der Waals surface area (Å²) in [7, 11) is 2.15. The molecule has 6 nitrogen and oxygen atoms in total. The van der Waals surface area contributed by atoms with Crippen LogP contribution in [0.5, 0.6) is 0 Å². The molecule has 0 atom stereocenters. The van der Waals surface area contributed by atoms with Gasteiger partial charge in [-0.2, -0.15) is 0 Å². The first kappa shape index (κ1) is 25.4. The van der Waals surface area contributed by atoms with Gasteiger partial charge in [-0.15, -0.1) is 22.8 Å². The topological polar surface area (TPSA) is 66.0 Å². The van der Waals surface area contributed by atoms with Gasteiger partial charge in [0, 0.05) is 41.3 Å². The molecule has 0 aliphatic rings. The highest BCUT2D eigenvalue weighted by Gasteiger charge is 2.12. The molecule has 0 saturated carbocycles. The Morgan fingerprint density at radius 3 is 2.76 bits per heavy atom. The van der Waals surface area contributed by atoms with Crippen molar-refractivity contribution < 1.29 is 4.39 Å². The quantitative estimate of drug-likeness (QED) is 0.240. The fourth-order valence-corrected chi connectivity index (χ4v) is 3.77. The Labute approximate surface area is 205 Å². The summed E-state index contributed by atoms with van der Waals surface area (Å²) in [5.74, 6) is -0.414. The SMILES string of the molecule is CCCN(C)CCNCCCc1cc(Nc2cc(-c3cc(Cl)ccc3F)nnc2S)ccn1. The lowest BCUT2D eigenvalue weighted by Crippen LogP contribution is -2.30. The van der Waals surface area contributed by atoms with Gasteiger partial charge >= 0.3 is 0 Å². The third kappa shape index (κ3) is 7.92.